The highest BCUT2D eigenvalue weighted by molar-refractivity contribution is 5.88. The summed E-state index contributed by atoms with van der Waals surface area (Å²) in [6.45, 7) is 1.78. The molecule has 2 amide bonds. The lowest BCUT2D eigenvalue weighted by atomic mass is 9.92. The molecule has 1 heterocycles. The number of fused-ring (bicyclic) bond motifs is 1. The number of carbonyl (C=O) groups excluding carboxylic acids is 2. The minimum Gasteiger partial charge on any atom is -0.347 e. The molecule has 0 saturated heterocycles. The molecule has 1 aliphatic carbocycles. The number of nitrogens with one attached hydrogen (secondary N) is 2. The van der Waals surface area contributed by atoms with Crippen LogP contribution in [0.25, 0.3) is 0 Å². The summed E-state index contributed by atoms with van der Waals surface area (Å²) in [6, 6.07) is 8.60. The number of aryl methyl sites for hydroxylation is 1. The normalized spacial score (nSPS) is 17.4. The van der Waals surface area contributed by atoms with Crippen LogP contribution >= 0.6 is 0 Å². The molecule has 6 nitrogen and oxygen atoms in total. The third-order valence-electron chi connectivity index (χ3n) is 4.71. The highest BCUT2D eigenvalue weighted by atomic mass is 16.2. The van der Waals surface area contributed by atoms with Crippen molar-refractivity contribution in [2.24, 2.45) is 7.05 Å². The van der Waals surface area contributed by atoms with Crippen molar-refractivity contribution in [1.29, 1.82) is 0 Å². The first kappa shape index (κ1) is 17.2. The molecule has 2 aromatic rings. The van der Waals surface area contributed by atoms with Crippen molar-refractivity contribution in [3.8, 4) is 0 Å². The number of hydrogen-bond acceptors (Lipinski definition) is 3. The zero-order valence-electron chi connectivity index (χ0n) is 14.7. The molecule has 0 fully saturated rings. The predicted octanol–water partition coefficient (Wildman–Crippen LogP) is 2.18. The number of rotatable bonds is 5. The highest BCUT2D eigenvalue weighted by Gasteiger charge is 2.29. The van der Waals surface area contributed by atoms with Gasteiger partial charge in [-0.15, -0.1) is 0 Å². The summed E-state index contributed by atoms with van der Waals surface area (Å²) in [5.74, 6) is -0.329. The molecule has 0 bridgehead atoms. The van der Waals surface area contributed by atoms with Gasteiger partial charge >= 0.3 is 0 Å². The van der Waals surface area contributed by atoms with E-state index in [-0.39, 0.29) is 17.9 Å². The van der Waals surface area contributed by atoms with Crippen LogP contribution in [0.5, 0.6) is 0 Å². The Morgan fingerprint density at radius 2 is 2.08 bits per heavy atom. The van der Waals surface area contributed by atoms with Crippen LogP contribution in [0.3, 0.4) is 0 Å². The average molecular weight is 340 g/mol. The van der Waals surface area contributed by atoms with E-state index in [0.717, 1.165) is 30.4 Å². The zero-order valence-corrected chi connectivity index (χ0v) is 14.7. The molecule has 25 heavy (non-hydrogen) atoms. The second kappa shape index (κ2) is 7.51. The minimum absolute atomic E-state index is 0.0605. The van der Waals surface area contributed by atoms with Crippen molar-refractivity contribution < 1.29 is 9.59 Å². The largest absolute Gasteiger partial charge is 0.347 e. The van der Waals surface area contributed by atoms with Gasteiger partial charge in [0.2, 0.25) is 11.8 Å². The fourth-order valence-corrected chi connectivity index (χ4v) is 3.32. The molecule has 6 heteroatoms. The molecule has 1 aliphatic rings. The van der Waals surface area contributed by atoms with Crippen LogP contribution in [0.1, 0.15) is 55.1 Å². The Balaban J connectivity index is 1.80. The zero-order chi connectivity index (χ0) is 17.8. The summed E-state index contributed by atoms with van der Waals surface area (Å²) in [6.07, 6.45) is 5.05. The summed E-state index contributed by atoms with van der Waals surface area (Å²) in [5.41, 5.74) is 3.03. The summed E-state index contributed by atoms with van der Waals surface area (Å²) in [4.78, 5) is 24.8. The highest BCUT2D eigenvalue weighted by Crippen LogP contribution is 2.29. The number of hydrogen-bond donors (Lipinski definition) is 2. The van der Waals surface area contributed by atoms with E-state index in [1.165, 1.54) is 5.69 Å². The molecule has 1 aromatic carbocycles. The van der Waals surface area contributed by atoms with Crippen LogP contribution in [0.4, 0.5) is 0 Å². The van der Waals surface area contributed by atoms with Gasteiger partial charge in [-0.3, -0.25) is 14.3 Å². The van der Waals surface area contributed by atoms with Gasteiger partial charge in [0.05, 0.1) is 12.2 Å². The molecule has 2 N–H and O–H groups in total. The van der Waals surface area contributed by atoms with Gasteiger partial charge in [-0.25, -0.2) is 0 Å². The van der Waals surface area contributed by atoms with E-state index in [4.69, 9.17) is 0 Å². The van der Waals surface area contributed by atoms with Crippen LogP contribution in [0.2, 0.25) is 0 Å². The van der Waals surface area contributed by atoms with Crippen molar-refractivity contribution in [2.45, 2.75) is 44.7 Å². The van der Waals surface area contributed by atoms with Crippen LogP contribution in [-0.4, -0.2) is 21.6 Å². The molecule has 2 atom stereocenters. The Kier molecular flexibility index (Phi) is 5.16. The number of nitrogens with zero attached hydrogens (tertiary/aromatic N) is 2. The molecule has 0 spiro atoms. The molecule has 2 unspecified atom stereocenters. The molecule has 3 rings (SSSR count). The fraction of sp³-hybridized carbons (Fsp3) is 0.421. The average Bonchev–Trinajstić information content (AvgIpc) is 3.02. The van der Waals surface area contributed by atoms with Crippen molar-refractivity contribution >= 4 is 11.8 Å². The van der Waals surface area contributed by atoms with Crippen molar-refractivity contribution in [3.63, 3.8) is 0 Å². The summed E-state index contributed by atoms with van der Waals surface area (Å²) < 4.78 is 1.88. The van der Waals surface area contributed by atoms with E-state index in [1.54, 1.807) is 6.92 Å². The lowest BCUT2D eigenvalue weighted by Gasteiger charge is -2.26. The first-order valence-corrected chi connectivity index (χ1v) is 8.75. The van der Waals surface area contributed by atoms with Crippen LogP contribution in [-0.2, 0) is 23.1 Å². The van der Waals surface area contributed by atoms with E-state index in [1.807, 2.05) is 48.3 Å². The topological polar surface area (TPSA) is 76.0 Å². The van der Waals surface area contributed by atoms with Gasteiger partial charge in [0, 0.05) is 24.7 Å². The van der Waals surface area contributed by atoms with Crippen LogP contribution in [0.15, 0.2) is 36.5 Å². The fourth-order valence-electron chi connectivity index (χ4n) is 3.32. The molecule has 1 aromatic heterocycles. The maximum Gasteiger partial charge on any atom is 0.247 e. The smallest absolute Gasteiger partial charge is 0.247 e. The Morgan fingerprint density at radius 1 is 1.32 bits per heavy atom. The predicted molar refractivity (Wildman–Crippen MR) is 94.6 cm³/mol. The lowest BCUT2D eigenvalue weighted by Crippen LogP contribution is -2.42. The molecule has 132 valence electrons. The van der Waals surface area contributed by atoms with E-state index >= 15 is 0 Å². The maximum absolute atomic E-state index is 12.9. The van der Waals surface area contributed by atoms with Gasteiger partial charge in [0.25, 0.3) is 0 Å². The first-order valence-electron chi connectivity index (χ1n) is 8.75. The molecule has 0 saturated carbocycles. The Bertz CT molecular complexity index is 754. The van der Waals surface area contributed by atoms with Gasteiger partial charge in [-0.2, -0.15) is 5.10 Å². The molecular weight excluding hydrogens is 316 g/mol. The Labute approximate surface area is 147 Å². The molecule has 0 aliphatic heterocycles. The van der Waals surface area contributed by atoms with Crippen molar-refractivity contribution in [2.75, 3.05) is 0 Å². The van der Waals surface area contributed by atoms with E-state index < -0.39 is 6.04 Å². The number of aromatic nitrogens is 2. The van der Waals surface area contributed by atoms with Gasteiger partial charge in [0.1, 0.15) is 6.04 Å². The van der Waals surface area contributed by atoms with E-state index in [2.05, 4.69) is 15.7 Å². The van der Waals surface area contributed by atoms with Crippen LogP contribution < -0.4 is 10.6 Å². The quantitative estimate of drug-likeness (QED) is 0.876. The van der Waals surface area contributed by atoms with Crippen molar-refractivity contribution in [3.05, 3.63) is 53.3 Å². The molecular formula is C19H24N4O2. The van der Waals surface area contributed by atoms with Gasteiger partial charge in [0.15, 0.2) is 0 Å². The summed E-state index contributed by atoms with van der Waals surface area (Å²) in [7, 11) is 1.93. The van der Waals surface area contributed by atoms with E-state index in [0.29, 0.717) is 6.42 Å². The van der Waals surface area contributed by atoms with Gasteiger partial charge in [-0.1, -0.05) is 37.3 Å². The summed E-state index contributed by atoms with van der Waals surface area (Å²) >= 11 is 0. The van der Waals surface area contributed by atoms with Crippen LogP contribution in [0, 0.1) is 0 Å². The number of amides is 2. The maximum atomic E-state index is 12.9. The minimum atomic E-state index is -0.685. The standard InChI is InChI=1S/C19H24N4O2/c1-3-17(24)22-18(13-8-5-4-6-9-13)19(25)21-15-10-7-11-16-14(15)12-20-23(16)2/h4-6,8-9,12,15,18H,3,7,10-11H2,1-2H3,(H,21,25)(H,22,24). The second-order valence-electron chi connectivity index (χ2n) is 6.39. The van der Waals surface area contributed by atoms with Crippen molar-refractivity contribution in [1.82, 2.24) is 20.4 Å². The Hall–Kier alpha value is -2.63. The third kappa shape index (κ3) is 3.73. The van der Waals surface area contributed by atoms with Gasteiger partial charge in [-0.05, 0) is 24.8 Å². The summed E-state index contributed by atoms with van der Waals surface area (Å²) in [5, 5.41) is 10.3. The Morgan fingerprint density at radius 3 is 2.80 bits per heavy atom. The number of benzene rings is 1. The second-order valence-corrected chi connectivity index (χ2v) is 6.39. The monoisotopic (exact) mass is 340 g/mol. The number of carbonyl (C=O) groups is 2. The lowest BCUT2D eigenvalue weighted by molar-refractivity contribution is -0.129. The van der Waals surface area contributed by atoms with Gasteiger partial charge < -0.3 is 10.6 Å². The first-order chi connectivity index (χ1) is 12.1. The van der Waals surface area contributed by atoms with E-state index in [9.17, 15) is 9.59 Å². The SMILES string of the molecule is CCC(=O)NC(C(=O)NC1CCCc2c1cnn2C)c1ccccc1. The molecule has 0 radical (unpaired) electrons. The third-order valence-corrected chi connectivity index (χ3v) is 4.71.